The minimum Gasteiger partial charge on any atom is -0.493 e. The molecule has 144 valence electrons. The first-order valence-corrected chi connectivity index (χ1v) is 10.2. The van der Waals surface area contributed by atoms with Crippen LogP contribution in [0.1, 0.15) is 39.8 Å². The van der Waals surface area contributed by atoms with Crippen molar-refractivity contribution in [2.75, 3.05) is 40.4 Å². The summed E-state index contributed by atoms with van der Waals surface area (Å²) in [4.78, 5) is 21.9. The number of thiazole rings is 1. The zero-order valence-electron chi connectivity index (χ0n) is 15.8. The van der Waals surface area contributed by atoms with Gasteiger partial charge in [-0.2, -0.15) is 0 Å². The molecule has 7 heteroatoms. The van der Waals surface area contributed by atoms with E-state index >= 15 is 0 Å². The number of carbonyl (C=O) groups excluding carboxylic acids is 1. The van der Waals surface area contributed by atoms with Crippen molar-refractivity contribution in [3.05, 3.63) is 39.8 Å². The van der Waals surface area contributed by atoms with Gasteiger partial charge in [-0.3, -0.25) is 9.69 Å². The van der Waals surface area contributed by atoms with Gasteiger partial charge in [0.1, 0.15) is 5.01 Å². The number of amides is 1. The Labute approximate surface area is 163 Å². The zero-order valence-corrected chi connectivity index (χ0v) is 16.6. The van der Waals surface area contributed by atoms with Crippen molar-refractivity contribution in [3.63, 3.8) is 0 Å². The zero-order chi connectivity index (χ0) is 18.8. The molecule has 4 rings (SSSR count). The molecule has 1 aliphatic heterocycles. The van der Waals surface area contributed by atoms with Gasteiger partial charge in [0.05, 0.1) is 26.5 Å². The maximum Gasteiger partial charge on any atom is 0.254 e. The molecule has 2 aliphatic rings. The number of hydrogen-bond donors (Lipinski definition) is 0. The number of aromatic nitrogens is 1. The molecule has 0 radical (unpaired) electrons. The van der Waals surface area contributed by atoms with Crippen LogP contribution in [0.15, 0.2) is 23.6 Å². The second kappa shape index (κ2) is 7.86. The fourth-order valence-corrected chi connectivity index (χ4v) is 4.33. The van der Waals surface area contributed by atoms with E-state index in [1.54, 1.807) is 43.8 Å². The molecule has 1 amide bonds. The van der Waals surface area contributed by atoms with Gasteiger partial charge in [-0.25, -0.2) is 4.98 Å². The SMILES string of the molecule is COc1ccc(C(=O)N2CCN(Cc3nc(C4CC4)cs3)CC2)cc1OC. The lowest BCUT2D eigenvalue weighted by Gasteiger charge is -2.34. The molecule has 6 nitrogen and oxygen atoms in total. The number of hydrogen-bond acceptors (Lipinski definition) is 6. The number of piperazine rings is 1. The third kappa shape index (κ3) is 4.09. The van der Waals surface area contributed by atoms with Crippen LogP contribution in [0.2, 0.25) is 0 Å². The summed E-state index contributed by atoms with van der Waals surface area (Å²) in [5, 5.41) is 3.40. The highest BCUT2D eigenvalue weighted by Crippen LogP contribution is 2.40. The first-order valence-electron chi connectivity index (χ1n) is 9.36. The van der Waals surface area contributed by atoms with Gasteiger partial charge in [0, 0.05) is 43.0 Å². The number of methoxy groups -OCH3 is 2. The van der Waals surface area contributed by atoms with Crippen molar-refractivity contribution >= 4 is 17.2 Å². The number of ether oxygens (including phenoxy) is 2. The molecular weight excluding hydrogens is 362 g/mol. The van der Waals surface area contributed by atoms with E-state index in [-0.39, 0.29) is 5.91 Å². The minimum absolute atomic E-state index is 0.0425. The average molecular weight is 388 g/mol. The smallest absolute Gasteiger partial charge is 0.254 e. The van der Waals surface area contributed by atoms with Gasteiger partial charge < -0.3 is 14.4 Å². The van der Waals surface area contributed by atoms with Gasteiger partial charge in [0.25, 0.3) is 5.91 Å². The molecule has 2 heterocycles. The van der Waals surface area contributed by atoms with Crippen molar-refractivity contribution in [2.45, 2.75) is 25.3 Å². The quantitative estimate of drug-likeness (QED) is 0.763. The van der Waals surface area contributed by atoms with Crippen molar-refractivity contribution in [1.29, 1.82) is 0 Å². The van der Waals surface area contributed by atoms with Crippen molar-refractivity contribution in [2.24, 2.45) is 0 Å². The topological polar surface area (TPSA) is 54.9 Å². The molecule has 0 atom stereocenters. The number of benzene rings is 1. The Kier molecular flexibility index (Phi) is 5.31. The van der Waals surface area contributed by atoms with Crippen molar-refractivity contribution < 1.29 is 14.3 Å². The molecule has 0 bridgehead atoms. The Balaban J connectivity index is 1.33. The predicted octanol–water partition coefficient (Wildman–Crippen LogP) is 3.00. The summed E-state index contributed by atoms with van der Waals surface area (Å²) in [6.07, 6.45) is 2.58. The summed E-state index contributed by atoms with van der Waals surface area (Å²) >= 11 is 1.76. The highest BCUT2D eigenvalue weighted by molar-refractivity contribution is 7.09. The lowest BCUT2D eigenvalue weighted by molar-refractivity contribution is 0.0628. The average Bonchev–Trinajstić information content (AvgIpc) is 3.46. The number of nitrogens with zero attached hydrogens (tertiary/aromatic N) is 3. The molecular formula is C20H25N3O3S. The van der Waals surface area contributed by atoms with E-state index in [0.717, 1.165) is 32.7 Å². The lowest BCUT2D eigenvalue weighted by Crippen LogP contribution is -2.48. The Hall–Kier alpha value is -2.12. The van der Waals surface area contributed by atoms with E-state index in [0.29, 0.717) is 23.0 Å². The standard InChI is InChI=1S/C20H25N3O3S/c1-25-17-6-5-15(11-18(17)26-2)20(24)23-9-7-22(8-10-23)12-19-21-16(13-27-19)14-3-4-14/h5-6,11,13-14H,3-4,7-10,12H2,1-2H3. The molecule has 2 aromatic rings. The minimum atomic E-state index is 0.0425. The second-order valence-corrected chi connectivity index (χ2v) is 8.02. The van der Waals surface area contributed by atoms with Crippen LogP contribution in [0.3, 0.4) is 0 Å². The first-order chi connectivity index (χ1) is 13.2. The summed E-state index contributed by atoms with van der Waals surface area (Å²) in [5.74, 6) is 1.97. The van der Waals surface area contributed by atoms with E-state index in [2.05, 4.69) is 10.3 Å². The Morgan fingerprint density at radius 2 is 1.89 bits per heavy atom. The summed E-state index contributed by atoms with van der Waals surface area (Å²) in [6.45, 7) is 4.09. The van der Waals surface area contributed by atoms with Gasteiger partial charge in [0.2, 0.25) is 0 Å². The fourth-order valence-electron chi connectivity index (χ4n) is 3.42. The van der Waals surface area contributed by atoms with Crippen LogP contribution in [-0.2, 0) is 6.54 Å². The highest BCUT2D eigenvalue weighted by Gasteiger charge is 2.27. The number of carbonyl (C=O) groups is 1. The molecule has 1 aliphatic carbocycles. The predicted molar refractivity (Wildman–Crippen MR) is 105 cm³/mol. The Morgan fingerprint density at radius 1 is 1.15 bits per heavy atom. The largest absolute Gasteiger partial charge is 0.493 e. The van der Waals surface area contributed by atoms with Crippen molar-refractivity contribution in [3.8, 4) is 11.5 Å². The third-order valence-electron chi connectivity index (χ3n) is 5.21. The lowest BCUT2D eigenvalue weighted by atomic mass is 10.1. The molecule has 0 unspecified atom stereocenters. The normalized spacial score (nSPS) is 17.8. The molecule has 1 saturated carbocycles. The molecule has 1 aromatic carbocycles. The van der Waals surface area contributed by atoms with Gasteiger partial charge in [-0.1, -0.05) is 0 Å². The second-order valence-electron chi connectivity index (χ2n) is 7.08. The van der Waals surface area contributed by atoms with Crippen molar-refractivity contribution in [1.82, 2.24) is 14.8 Å². The summed E-state index contributed by atoms with van der Waals surface area (Å²) in [6, 6.07) is 5.33. The van der Waals surface area contributed by atoms with E-state index < -0.39 is 0 Å². The molecule has 2 fully saturated rings. The highest BCUT2D eigenvalue weighted by atomic mass is 32.1. The maximum atomic E-state index is 12.8. The van der Waals surface area contributed by atoms with Gasteiger partial charge in [-0.05, 0) is 31.0 Å². The number of rotatable bonds is 6. The van der Waals surface area contributed by atoms with Crippen LogP contribution >= 0.6 is 11.3 Å². The molecule has 0 spiro atoms. The van der Waals surface area contributed by atoms with E-state index in [1.165, 1.54) is 23.5 Å². The fraction of sp³-hybridized carbons (Fsp3) is 0.500. The van der Waals surface area contributed by atoms with Crippen LogP contribution in [0, 0.1) is 0 Å². The molecule has 1 saturated heterocycles. The first kappa shape index (κ1) is 18.3. The van der Waals surface area contributed by atoms with Crippen LogP contribution in [0.25, 0.3) is 0 Å². The Morgan fingerprint density at radius 3 is 2.56 bits per heavy atom. The molecule has 0 N–H and O–H groups in total. The van der Waals surface area contributed by atoms with E-state index in [4.69, 9.17) is 14.5 Å². The van der Waals surface area contributed by atoms with Crippen LogP contribution < -0.4 is 9.47 Å². The maximum absolute atomic E-state index is 12.8. The Bertz CT molecular complexity index is 811. The van der Waals surface area contributed by atoms with Crippen LogP contribution in [-0.4, -0.2) is 61.1 Å². The summed E-state index contributed by atoms with van der Waals surface area (Å²) in [5.41, 5.74) is 1.91. The van der Waals surface area contributed by atoms with E-state index in [9.17, 15) is 4.79 Å². The van der Waals surface area contributed by atoms with Crippen LogP contribution in [0.5, 0.6) is 11.5 Å². The third-order valence-corrected chi connectivity index (χ3v) is 6.07. The van der Waals surface area contributed by atoms with E-state index in [1.807, 2.05) is 4.90 Å². The monoisotopic (exact) mass is 387 g/mol. The molecule has 1 aromatic heterocycles. The van der Waals surface area contributed by atoms with Crippen LogP contribution in [0.4, 0.5) is 0 Å². The molecule has 27 heavy (non-hydrogen) atoms. The summed E-state index contributed by atoms with van der Waals surface area (Å²) in [7, 11) is 3.17. The van der Waals surface area contributed by atoms with Gasteiger partial charge in [0.15, 0.2) is 11.5 Å². The van der Waals surface area contributed by atoms with Gasteiger partial charge >= 0.3 is 0 Å². The summed E-state index contributed by atoms with van der Waals surface area (Å²) < 4.78 is 10.6. The van der Waals surface area contributed by atoms with Gasteiger partial charge in [-0.15, -0.1) is 11.3 Å².